The first-order valence-electron chi connectivity index (χ1n) is 3.20. The lowest BCUT2D eigenvalue weighted by Crippen LogP contribution is -1.82. The zero-order chi connectivity index (χ0) is 8.43. The molecule has 1 aromatic rings. The molecule has 0 radical (unpaired) electrons. The molecular formula is C8H7Br3. The molecule has 0 amide bonds. The highest BCUT2D eigenvalue weighted by atomic mass is 79.9. The summed E-state index contributed by atoms with van der Waals surface area (Å²) in [5, 5.41) is 0. The molecule has 0 N–H and O–H groups in total. The molecule has 11 heavy (non-hydrogen) atoms. The lowest BCUT2D eigenvalue weighted by atomic mass is 10.2. The predicted octanol–water partition coefficient (Wildman–Crippen LogP) is 4.67. The van der Waals surface area contributed by atoms with Crippen LogP contribution in [-0.4, -0.2) is 0 Å². The van der Waals surface area contributed by atoms with E-state index in [4.69, 9.17) is 0 Å². The summed E-state index contributed by atoms with van der Waals surface area (Å²) in [5.41, 5.74) is 1.28. The van der Waals surface area contributed by atoms with Crippen molar-refractivity contribution in [2.45, 2.75) is 11.8 Å². The van der Waals surface area contributed by atoms with Crippen LogP contribution in [0.4, 0.5) is 0 Å². The molecule has 0 aliphatic heterocycles. The summed E-state index contributed by atoms with van der Waals surface area (Å²) in [5.74, 6) is 0. The van der Waals surface area contributed by atoms with Crippen LogP contribution in [0.5, 0.6) is 0 Å². The number of alkyl halides is 1. The number of rotatable bonds is 1. The van der Waals surface area contributed by atoms with Crippen LogP contribution >= 0.6 is 47.8 Å². The third kappa shape index (κ3) is 2.56. The van der Waals surface area contributed by atoms with Crippen molar-refractivity contribution < 1.29 is 0 Å². The molecule has 0 fully saturated rings. The van der Waals surface area contributed by atoms with Gasteiger partial charge in [-0.15, -0.1) is 0 Å². The minimum Gasteiger partial charge on any atom is -0.0842 e. The highest BCUT2D eigenvalue weighted by Gasteiger charge is 2.02. The van der Waals surface area contributed by atoms with E-state index in [1.165, 1.54) is 5.56 Å². The summed E-state index contributed by atoms with van der Waals surface area (Å²) >= 11 is 10.4. The van der Waals surface area contributed by atoms with Crippen molar-refractivity contribution in [2.75, 3.05) is 0 Å². The number of hydrogen-bond acceptors (Lipinski definition) is 0. The van der Waals surface area contributed by atoms with Gasteiger partial charge in [0.05, 0.1) is 0 Å². The molecule has 0 aliphatic carbocycles. The standard InChI is InChI=1S/C8H7Br3/c1-5(9)6-2-3-7(10)8(11)4-6/h2-5H,1H3. The van der Waals surface area contributed by atoms with Crippen molar-refractivity contribution in [3.63, 3.8) is 0 Å². The fraction of sp³-hybridized carbons (Fsp3) is 0.250. The first-order valence-corrected chi connectivity index (χ1v) is 5.70. The Hall–Kier alpha value is 0.660. The van der Waals surface area contributed by atoms with E-state index in [1.807, 2.05) is 6.07 Å². The lowest BCUT2D eigenvalue weighted by molar-refractivity contribution is 1.12. The molecule has 1 atom stereocenters. The highest BCUT2D eigenvalue weighted by molar-refractivity contribution is 9.13. The van der Waals surface area contributed by atoms with Gasteiger partial charge in [0.15, 0.2) is 0 Å². The largest absolute Gasteiger partial charge is 0.0842 e. The van der Waals surface area contributed by atoms with Gasteiger partial charge in [0.25, 0.3) is 0 Å². The molecule has 3 heteroatoms. The van der Waals surface area contributed by atoms with Gasteiger partial charge in [-0.25, -0.2) is 0 Å². The first-order chi connectivity index (χ1) is 5.11. The maximum atomic E-state index is 3.51. The van der Waals surface area contributed by atoms with Gasteiger partial charge in [-0.05, 0) is 56.5 Å². The molecule has 0 heterocycles. The van der Waals surface area contributed by atoms with Gasteiger partial charge in [0.2, 0.25) is 0 Å². The molecule has 0 aliphatic rings. The Labute approximate surface area is 91.8 Å². The Morgan fingerprint density at radius 2 is 1.82 bits per heavy atom. The minimum absolute atomic E-state index is 0.409. The summed E-state index contributed by atoms with van der Waals surface area (Å²) < 4.78 is 2.19. The summed E-state index contributed by atoms with van der Waals surface area (Å²) in [6, 6.07) is 6.23. The van der Waals surface area contributed by atoms with Gasteiger partial charge in [-0.2, -0.15) is 0 Å². The molecule has 60 valence electrons. The van der Waals surface area contributed by atoms with Crippen molar-refractivity contribution in [3.05, 3.63) is 32.7 Å². The number of hydrogen-bond donors (Lipinski definition) is 0. The summed E-state index contributed by atoms with van der Waals surface area (Å²) in [6.45, 7) is 2.11. The molecular weight excluding hydrogens is 336 g/mol. The second kappa shape index (κ2) is 4.06. The van der Waals surface area contributed by atoms with E-state index in [0.29, 0.717) is 4.83 Å². The van der Waals surface area contributed by atoms with Crippen LogP contribution in [0.1, 0.15) is 17.3 Å². The van der Waals surface area contributed by atoms with Crippen molar-refractivity contribution in [1.82, 2.24) is 0 Å². The van der Waals surface area contributed by atoms with Crippen molar-refractivity contribution in [2.24, 2.45) is 0 Å². The normalized spacial score (nSPS) is 13.1. The van der Waals surface area contributed by atoms with Crippen LogP contribution in [-0.2, 0) is 0 Å². The summed E-state index contributed by atoms with van der Waals surface area (Å²) in [4.78, 5) is 0.409. The Balaban J connectivity index is 3.05. The third-order valence-electron chi connectivity index (χ3n) is 1.40. The average molecular weight is 343 g/mol. The zero-order valence-corrected chi connectivity index (χ0v) is 10.7. The SMILES string of the molecule is CC(Br)c1ccc(Br)c(Br)c1. The van der Waals surface area contributed by atoms with E-state index in [0.717, 1.165) is 8.95 Å². The second-order valence-corrected chi connectivity index (χ2v) is 5.37. The Bertz CT molecular complexity index is 256. The maximum absolute atomic E-state index is 3.51. The highest BCUT2D eigenvalue weighted by Crippen LogP contribution is 2.29. The number of halogens is 3. The zero-order valence-electron chi connectivity index (χ0n) is 5.94. The fourth-order valence-electron chi connectivity index (χ4n) is 0.760. The molecule has 1 rings (SSSR count). The van der Waals surface area contributed by atoms with E-state index < -0.39 is 0 Å². The topological polar surface area (TPSA) is 0 Å². The maximum Gasteiger partial charge on any atom is 0.0367 e. The second-order valence-electron chi connectivity index (χ2n) is 2.29. The van der Waals surface area contributed by atoms with E-state index in [9.17, 15) is 0 Å². The van der Waals surface area contributed by atoms with Crippen LogP contribution < -0.4 is 0 Å². The van der Waals surface area contributed by atoms with Gasteiger partial charge in [-0.3, -0.25) is 0 Å². The smallest absolute Gasteiger partial charge is 0.0367 e. The molecule has 0 nitrogen and oxygen atoms in total. The monoisotopic (exact) mass is 340 g/mol. The van der Waals surface area contributed by atoms with E-state index in [2.05, 4.69) is 66.8 Å². The van der Waals surface area contributed by atoms with E-state index in [-0.39, 0.29) is 0 Å². The van der Waals surface area contributed by atoms with Crippen LogP contribution in [0, 0.1) is 0 Å². The van der Waals surface area contributed by atoms with Gasteiger partial charge in [0, 0.05) is 13.8 Å². The van der Waals surface area contributed by atoms with Crippen LogP contribution in [0.2, 0.25) is 0 Å². The van der Waals surface area contributed by atoms with Crippen LogP contribution in [0.3, 0.4) is 0 Å². The molecule has 0 bridgehead atoms. The summed E-state index contributed by atoms with van der Waals surface area (Å²) in [6.07, 6.45) is 0. The van der Waals surface area contributed by atoms with E-state index >= 15 is 0 Å². The van der Waals surface area contributed by atoms with Crippen molar-refractivity contribution in [3.8, 4) is 0 Å². The van der Waals surface area contributed by atoms with Crippen molar-refractivity contribution >= 4 is 47.8 Å². The quantitative estimate of drug-likeness (QED) is 0.651. The first kappa shape index (κ1) is 9.75. The van der Waals surface area contributed by atoms with Crippen molar-refractivity contribution in [1.29, 1.82) is 0 Å². The fourth-order valence-corrected chi connectivity index (χ4v) is 1.69. The van der Waals surface area contributed by atoms with E-state index in [1.54, 1.807) is 0 Å². The van der Waals surface area contributed by atoms with Gasteiger partial charge in [-0.1, -0.05) is 22.0 Å². The Morgan fingerprint density at radius 1 is 1.18 bits per heavy atom. The Morgan fingerprint density at radius 3 is 2.27 bits per heavy atom. The van der Waals surface area contributed by atoms with Crippen LogP contribution in [0.25, 0.3) is 0 Å². The molecule has 1 aromatic carbocycles. The molecule has 0 spiro atoms. The minimum atomic E-state index is 0.409. The predicted molar refractivity (Wildman–Crippen MR) is 59.2 cm³/mol. The number of benzene rings is 1. The summed E-state index contributed by atoms with van der Waals surface area (Å²) in [7, 11) is 0. The molecule has 1 unspecified atom stereocenters. The van der Waals surface area contributed by atoms with Gasteiger partial charge >= 0.3 is 0 Å². The average Bonchev–Trinajstić information content (AvgIpc) is 1.94. The molecule has 0 aromatic heterocycles. The lowest BCUT2D eigenvalue weighted by Gasteiger charge is -2.04. The van der Waals surface area contributed by atoms with Gasteiger partial charge < -0.3 is 0 Å². The van der Waals surface area contributed by atoms with Gasteiger partial charge in [0.1, 0.15) is 0 Å². The Kier molecular flexibility index (Phi) is 3.59. The molecule has 0 saturated heterocycles. The van der Waals surface area contributed by atoms with Crippen LogP contribution in [0.15, 0.2) is 27.1 Å². The molecule has 0 saturated carbocycles. The third-order valence-corrected chi connectivity index (χ3v) is 3.81.